The van der Waals surface area contributed by atoms with Crippen molar-refractivity contribution in [3.8, 4) is 11.8 Å². The van der Waals surface area contributed by atoms with Gasteiger partial charge in [-0.05, 0) is 38.3 Å². The van der Waals surface area contributed by atoms with Gasteiger partial charge >= 0.3 is 0 Å². The summed E-state index contributed by atoms with van der Waals surface area (Å²) < 4.78 is 5.69. The molecule has 1 heterocycles. The van der Waals surface area contributed by atoms with Crippen LogP contribution in [0.5, 0.6) is 5.75 Å². The van der Waals surface area contributed by atoms with Gasteiger partial charge in [-0.3, -0.25) is 0 Å². The van der Waals surface area contributed by atoms with Gasteiger partial charge in [-0.2, -0.15) is 5.26 Å². The Morgan fingerprint density at radius 1 is 1.39 bits per heavy atom. The number of benzene rings is 1. The van der Waals surface area contributed by atoms with Crippen molar-refractivity contribution in [3.05, 3.63) is 24.3 Å². The number of para-hydroxylation sites is 2. The summed E-state index contributed by atoms with van der Waals surface area (Å²) in [6, 6.07) is 10.8. The van der Waals surface area contributed by atoms with Gasteiger partial charge in [-0.25, -0.2) is 0 Å². The standard InChI is InChI=1S/C15H20N2O/c1-2-18-15-9-4-3-8-14(15)17-12-6-5-7-13(17)10-11-16/h3-4,8-9,13H,2,5-7,10,12H2,1H3. The molecule has 0 N–H and O–H groups in total. The molecule has 96 valence electrons. The van der Waals surface area contributed by atoms with Crippen LogP contribution in [-0.4, -0.2) is 19.2 Å². The van der Waals surface area contributed by atoms with E-state index in [1.54, 1.807) is 0 Å². The Morgan fingerprint density at radius 2 is 2.22 bits per heavy atom. The minimum atomic E-state index is 0.338. The molecule has 1 aliphatic rings. The van der Waals surface area contributed by atoms with E-state index in [0.717, 1.165) is 24.4 Å². The molecule has 1 aromatic carbocycles. The molecule has 1 atom stereocenters. The Bertz CT molecular complexity index is 425. The van der Waals surface area contributed by atoms with Crippen LogP contribution in [0.4, 0.5) is 5.69 Å². The largest absolute Gasteiger partial charge is 0.492 e. The van der Waals surface area contributed by atoms with E-state index in [1.165, 1.54) is 12.8 Å². The number of anilines is 1. The zero-order chi connectivity index (χ0) is 12.8. The molecule has 0 bridgehead atoms. The van der Waals surface area contributed by atoms with Gasteiger partial charge in [0, 0.05) is 12.6 Å². The minimum absolute atomic E-state index is 0.338. The van der Waals surface area contributed by atoms with Crippen LogP contribution < -0.4 is 9.64 Å². The van der Waals surface area contributed by atoms with Crippen LogP contribution in [0, 0.1) is 11.3 Å². The summed E-state index contributed by atoms with van der Waals surface area (Å²) in [7, 11) is 0. The molecule has 1 fully saturated rings. The lowest BCUT2D eigenvalue weighted by atomic mass is 9.99. The summed E-state index contributed by atoms with van der Waals surface area (Å²) in [5.74, 6) is 0.935. The van der Waals surface area contributed by atoms with Crippen molar-refractivity contribution in [1.29, 1.82) is 5.26 Å². The third-order valence-electron chi connectivity index (χ3n) is 3.43. The number of ether oxygens (including phenoxy) is 1. The van der Waals surface area contributed by atoms with Crippen molar-refractivity contribution in [1.82, 2.24) is 0 Å². The molecule has 0 aliphatic carbocycles. The zero-order valence-corrected chi connectivity index (χ0v) is 10.9. The molecule has 0 radical (unpaired) electrons. The van der Waals surface area contributed by atoms with Gasteiger partial charge in [-0.1, -0.05) is 12.1 Å². The summed E-state index contributed by atoms with van der Waals surface area (Å²) in [6.45, 7) is 3.70. The molecule has 0 amide bonds. The quantitative estimate of drug-likeness (QED) is 0.814. The van der Waals surface area contributed by atoms with E-state index < -0.39 is 0 Å². The number of hydrogen-bond acceptors (Lipinski definition) is 3. The Hall–Kier alpha value is -1.69. The fourth-order valence-corrected chi connectivity index (χ4v) is 2.61. The van der Waals surface area contributed by atoms with Crippen molar-refractivity contribution in [2.24, 2.45) is 0 Å². The van der Waals surface area contributed by atoms with Gasteiger partial charge in [0.1, 0.15) is 5.75 Å². The summed E-state index contributed by atoms with van der Waals surface area (Å²) in [5, 5.41) is 8.95. The van der Waals surface area contributed by atoms with Crippen molar-refractivity contribution in [2.45, 2.75) is 38.6 Å². The van der Waals surface area contributed by atoms with E-state index >= 15 is 0 Å². The van der Waals surface area contributed by atoms with Crippen LogP contribution in [0.25, 0.3) is 0 Å². The average molecular weight is 244 g/mol. The molecule has 1 aliphatic heterocycles. The van der Waals surface area contributed by atoms with E-state index in [1.807, 2.05) is 25.1 Å². The number of rotatable bonds is 4. The maximum absolute atomic E-state index is 8.95. The highest BCUT2D eigenvalue weighted by Gasteiger charge is 2.24. The van der Waals surface area contributed by atoms with E-state index in [9.17, 15) is 0 Å². The third-order valence-corrected chi connectivity index (χ3v) is 3.43. The van der Waals surface area contributed by atoms with Gasteiger partial charge in [-0.15, -0.1) is 0 Å². The van der Waals surface area contributed by atoms with Gasteiger partial charge in [0.15, 0.2) is 0 Å². The molecule has 1 unspecified atom stereocenters. The normalized spacial score (nSPS) is 19.3. The van der Waals surface area contributed by atoms with Crippen LogP contribution in [0.2, 0.25) is 0 Å². The first-order valence-corrected chi connectivity index (χ1v) is 6.72. The highest BCUT2D eigenvalue weighted by molar-refractivity contribution is 5.59. The second-order valence-electron chi connectivity index (χ2n) is 4.61. The molecule has 3 nitrogen and oxygen atoms in total. The summed E-state index contributed by atoms with van der Waals surface area (Å²) in [6.07, 6.45) is 4.12. The monoisotopic (exact) mass is 244 g/mol. The van der Waals surface area contributed by atoms with Crippen LogP contribution in [0.3, 0.4) is 0 Å². The molecular weight excluding hydrogens is 224 g/mol. The summed E-state index contributed by atoms with van der Waals surface area (Å²) in [5.41, 5.74) is 1.14. The van der Waals surface area contributed by atoms with Crippen molar-refractivity contribution in [3.63, 3.8) is 0 Å². The van der Waals surface area contributed by atoms with Crippen LogP contribution in [0.15, 0.2) is 24.3 Å². The van der Waals surface area contributed by atoms with Gasteiger partial charge in [0.05, 0.1) is 24.8 Å². The predicted octanol–water partition coefficient (Wildman–Crippen LogP) is 3.36. The Labute approximate surface area is 109 Å². The molecule has 3 heteroatoms. The second kappa shape index (κ2) is 6.30. The molecule has 18 heavy (non-hydrogen) atoms. The van der Waals surface area contributed by atoms with Gasteiger partial charge in [0.25, 0.3) is 0 Å². The average Bonchev–Trinajstić information content (AvgIpc) is 2.41. The number of nitrogens with zero attached hydrogens (tertiary/aromatic N) is 2. The molecule has 1 aromatic rings. The van der Waals surface area contributed by atoms with Gasteiger partial charge in [0.2, 0.25) is 0 Å². The van der Waals surface area contributed by atoms with Gasteiger partial charge < -0.3 is 9.64 Å². The zero-order valence-electron chi connectivity index (χ0n) is 10.9. The third kappa shape index (κ3) is 2.76. The summed E-state index contributed by atoms with van der Waals surface area (Å²) in [4.78, 5) is 2.34. The Morgan fingerprint density at radius 3 is 3.00 bits per heavy atom. The maximum atomic E-state index is 8.95. The Balaban J connectivity index is 2.25. The highest BCUT2D eigenvalue weighted by Crippen LogP contribution is 2.33. The topological polar surface area (TPSA) is 36.3 Å². The van der Waals surface area contributed by atoms with E-state index in [2.05, 4.69) is 17.0 Å². The molecule has 0 aromatic heterocycles. The predicted molar refractivity (Wildman–Crippen MR) is 72.8 cm³/mol. The minimum Gasteiger partial charge on any atom is -0.492 e. The smallest absolute Gasteiger partial charge is 0.142 e. The highest BCUT2D eigenvalue weighted by atomic mass is 16.5. The summed E-state index contributed by atoms with van der Waals surface area (Å²) >= 11 is 0. The van der Waals surface area contributed by atoms with Crippen LogP contribution in [-0.2, 0) is 0 Å². The Kier molecular flexibility index (Phi) is 4.46. The lowest BCUT2D eigenvalue weighted by Gasteiger charge is -2.37. The second-order valence-corrected chi connectivity index (χ2v) is 4.61. The molecule has 0 saturated carbocycles. The number of nitriles is 1. The first kappa shape index (κ1) is 12.8. The first-order chi connectivity index (χ1) is 8.86. The molecule has 1 saturated heterocycles. The molecular formula is C15H20N2O. The lowest BCUT2D eigenvalue weighted by molar-refractivity contribution is 0.337. The van der Waals surface area contributed by atoms with Crippen molar-refractivity contribution < 1.29 is 4.74 Å². The maximum Gasteiger partial charge on any atom is 0.142 e. The van der Waals surface area contributed by atoms with Crippen LogP contribution in [0.1, 0.15) is 32.6 Å². The van der Waals surface area contributed by atoms with Crippen molar-refractivity contribution >= 4 is 5.69 Å². The fraction of sp³-hybridized carbons (Fsp3) is 0.533. The van der Waals surface area contributed by atoms with Crippen molar-refractivity contribution in [2.75, 3.05) is 18.1 Å². The number of hydrogen-bond donors (Lipinski definition) is 0. The van der Waals surface area contributed by atoms with E-state index in [0.29, 0.717) is 19.1 Å². The van der Waals surface area contributed by atoms with Crippen LogP contribution >= 0.6 is 0 Å². The first-order valence-electron chi connectivity index (χ1n) is 6.72. The van der Waals surface area contributed by atoms with E-state index in [-0.39, 0.29) is 0 Å². The lowest BCUT2D eigenvalue weighted by Crippen LogP contribution is -2.39. The SMILES string of the molecule is CCOc1ccccc1N1CCCCC1CC#N. The molecule has 2 rings (SSSR count). The van der Waals surface area contributed by atoms with E-state index in [4.69, 9.17) is 10.00 Å². The fourth-order valence-electron chi connectivity index (χ4n) is 2.61. The number of piperidine rings is 1. The molecule has 0 spiro atoms.